The SMILES string of the molecule is Cn1cc(CCOc2ccc3c(c2)CC[C@@H]3N)cn1. The lowest BCUT2D eigenvalue weighted by Crippen LogP contribution is -2.05. The zero-order valence-electron chi connectivity index (χ0n) is 11.2. The van der Waals surface area contributed by atoms with E-state index in [1.54, 1.807) is 0 Å². The monoisotopic (exact) mass is 257 g/mol. The van der Waals surface area contributed by atoms with Crippen molar-refractivity contribution in [2.45, 2.75) is 25.3 Å². The number of benzene rings is 1. The molecule has 19 heavy (non-hydrogen) atoms. The molecule has 3 rings (SSSR count). The Bertz CT molecular complexity index is 577. The molecule has 0 unspecified atom stereocenters. The topological polar surface area (TPSA) is 53.1 Å². The van der Waals surface area contributed by atoms with E-state index in [1.165, 1.54) is 16.7 Å². The van der Waals surface area contributed by atoms with E-state index in [4.69, 9.17) is 10.5 Å². The third-order valence-corrected chi connectivity index (χ3v) is 3.66. The van der Waals surface area contributed by atoms with Crippen LogP contribution >= 0.6 is 0 Å². The van der Waals surface area contributed by atoms with Crippen molar-refractivity contribution in [2.24, 2.45) is 12.8 Å². The van der Waals surface area contributed by atoms with Gasteiger partial charge in [0.1, 0.15) is 5.75 Å². The van der Waals surface area contributed by atoms with Crippen LogP contribution in [0, 0.1) is 0 Å². The van der Waals surface area contributed by atoms with Gasteiger partial charge in [-0.2, -0.15) is 5.10 Å². The fourth-order valence-electron chi connectivity index (χ4n) is 2.60. The number of nitrogens with two attached hydrogens (primary N) is 1. The van der Waals surface area contributed by atoms with E-state index >= 15 is 0 Å². The number of aromatic nitrogens is 2. The van der Waals surface area contributed by atoms with E-state index in [9.17, 15) is 0 Å². The molecule has 0 amide bonds. The van der Waals surface area contributed by atoms with Crippen LogP contribution in [0.3, 0.4) is 0 Å². The molecular formula is C15H19N3O. The summed E-state index contributed by atoms with van der Waals surface area (Å²) in [5.74, 6) is 0.941. The molecule has 4 heteroatoms. The van der Waals surface area contributed by atoms with Gasteiger partial charge in [0, 0.05) is 25.7 Å². The lowest BCUT2D eigenvalue weighted by Gasteiger charge is -2.09. The van der Waals surface area contributed by atoms with Crippen molar-refractivity contribution in [3.63, 3.8) is 0 Å². The number of aryl methyl sites for hydroxylation is 2. The minimum absolute atomic E-state index is 0.208. The molecule has 1 heterocycles. The van der Waals surface area contributed by atoms with Crippen LogP contribution < -0.4 is 10.5 Å². The number of fused-ring (bicyclic) bond motifs is 1. The minimum Gasteiger partial charge on any atom is -0.493 e. The summed E-state index contributed by atoms with van der Waals surface area (Å²) < 4.78 is 7.61. The molecule has 0 aliphatic heterocycles. The van der Waals surface area contributed by atoms with Gasteiger partial charge in [0.25, 0.3) is 0 Å². The van der Waals surface area contributed by atoms with Gasteiger partial charge in [-0.25, -0.2) is 0 Å². The van der Waals surface area contributed by atoms with Crippen LogP contribution in [0.5, 0.6) is 5.75 Å². The van der Waals surface area contributed by atoms with Crippen molar-refractivity contribution in [1.82, 2.24) is 9.78 Å². The van der Waals surface area contributed by atoms with Gasteiger partial charge in [-0.15, -0.1) is 0 Å². The summed E-state index contributed by atoms with van der Waals surface area (Å²) in [6, 6.07) is 6.46. The van der Waals surface area contributed by atoms with E-state index in [0.29, 0.717) is 6.61 Å². The predicted octanol–water partition coefficient (Wildman–Crippen LogP) is 1.99. The summed E-state index contributed by atoms with van der Waals surface area (Å²) in [6.45, 7) is 0.677. The minimum atomic E-state index is 0.208. The first kappa shape index (κ1) is 12.2. The van der Waals surface area contributed by atoms with Crippen molar-refractivity contribution >= 4 is 0 Å². The van der Waals surface area contributed by atoms with Crippen molar-refractivity contribution in [2.75, 3.05) is 6.61 Å². The maximum Gasteiger partial charge on any atom is 0.119 e. The molecule has 2 N–H and O–H groups in total. The Hall–Kier alpha value is -1.81. The number of hydrogen-bond acceptors (Lipinski definition) is 3. The van der Waals surface area contributed by atoms with E-state index in [-0.39, 0.29) is 6.04 Å². The number of ether oxygens (including phenoxy) is 1. The van der Waals surface area contributed by atoms with Crippen LogP contribution in [-0.4, -0.2) is 16.4 Å². The Labute approximate surface area is 113 Å². The van der Waals surface area contributed by atoms with Crippen LogP contribution in [0.15, 0.2) is 30.6 Å². The van der Waals surface area contributed by atoms with Crippen molar-refractivity contribution in [3.05, 3.63) is 47.3 Å². The maximum atomic E-state index is 6.02. The van der Waals surface area contributed by atoms with E-state index in [0.717, 1.165) is 25.0 Å². The highest BCUT2D eigenvalue weighted by molar-refractivity contribution is 5.40. The number of hydrogen-bond donors (Lipinski definition) is 1. The highest BCUT2D eigenvalue weighted by Crippen LogP contribution is 2.31. The Morgan fingerprint density at radius 1 is 1.47 bits per heavy atom. The fourth-order valence-corrected chi connectivity index (χ4v) is 2.60. The third-order valence-electron chi connectivity index (χ3n) is 3.66. The van der Waals surface area contributed by atoms with Gasteiger partial charge in [-0.3, -0.25) is 4.68 Å². The molecule has 2 aromatic rings. The first-order valence-electron chi connectivity index (χ1n) is 6.71. The van der Waals surface area contributed by atoms with Gasteiger partial charge in [-0.1, -0.05) is 6.07 Å². The second-order valence-corrected chi connectivity index (χ2v) is 5.13. The van der Waals surface area contributed by atoms with Crippen molar-refractivity contribution < 1.29 is 4.74 Å². The third kappa shape index (κ3) is 2.63. The highest BCUT2D eigenvalue weighted by atomic mass is 16.5. The van der Waals surface area contributed by atoms with Gasteiger partial charge in [0.05, 0.1) is 12.8 Å². The van der Waals surface area contributed by atoms with Gasteiger partial charge in [0.15, 0.2) is 0 Å². The van der Waals surface area contributed by atoms with Crippen LogP contribution in [0.2, 0.25) is 0 Å². The van der Waals surface area contributed by atoms with Crippen LogP contribution in [0.4, 0.5) is 0 Å². The highest BCUT2D eigenvalue weighted by Gasteiger charge is 2.18. The van der Waals surface area contributed by atoms with Crippen LogP contribution in [-0.2, 0) is 19.9 Å². The molecule has 1 aliphatic rings. The van der Waals surface area contributed by atoms with E-state index < -0.39 is 0 Å². The summed E-state index contributed by atoms with van der Waals surface area (Å²) in [5, 5.41) is 4.15. The molecule has 0 saturated carbocycles. The Kier molecular flexibility index (Phi) is 3.25. The average molecular weight is 257 g/mol. The largest absolute Gasteiger partial charge is 0.493 e. The number of nitrogens with zero attached hydrogens (tertiary/aromatic N) is 2. The van der Waals surface area contributed by atoms with Gasteiger partial charge in [-0.05, 0) is 41.7 Å². The fraction of sp³-hybridized carbons (Fsp3) is 0.400. The summed E-state index contributed by atoms with van der Waals surface area (Å²) in [5.41, 5.74) is 9.84. The van der Waals surface area contributed by atoms with Gasteiger partial charge >= 0.3 is 0 Å². The summed E-state index contributed by atoms with van der Waals surface area (Å²) in [7, 11) is 1.92. The Balaban J connectivity index is 1.59. The molecule has 4 nitrogen and oxygen atoms in total. The second-order valence-electron chi connectivity index (χ2n) is 5.13. The quantitative estimate of drug-likeness (QED) is 0.911. The smallest absolute Gasteiger partial charge is 0.119 e. The van der Waals surface area contributed by atoms with Crippen LogP contribution in [0.1, 0.15) is 29.2 Å². The molecule has 1 aliphatic carbocycles. The first-order chi connectivity index (χ1) is 9.22. The molecule has 0 bridgehead atoms. The first-order valence-corrected chi connectivity index (χ1v) is 6.71. The van der Waals surface area contributed by atoms with Crippen LogP contribution in [0.25, 0.3) is 0 Å². The molecule has 0 saturated heterocycles. The van der Waals surface area contributed by atoms with Gasteiger partial charge < -0.3 is 10.5 Å². The van der Waals surface area contributed by atoms with E-state index in [2.05, 4.69) is 17.2 Å². The molecular weight excluding hydrogens is 238 g/mol. The van der Waals surface area contributed by atoms with Crippen molar-refractivity contribution in [3.8, 4) is 5.75 Å². The molecule has 1 aromatic carbocycles. The molecule has 0 radical (unpaired) electrons. The lowest BCUT2D eigenvalue weighted by atomic mass is 10.1. The number of rotatable bonds is 4. The molecule has 1 atom stereocenters. The molecule has 0 fully saturated rings. The summed E-state index contributed by atoms with van der Waals surface area (Å²) in [4.78, 5) is 0. The maximum absolute atomic E-state index is 6.02. The summed E-state index contributed by atoms with van der Waals surface area (Å²) in [6.07, 6.45) is 6.89. The van der Waals surface area contributed by atoms with E-state index in [1.807, 2.05) is 30.2 Å². The Morgan fingerprint density at radius 3 is 3.16 bits per heavy atom. The zero-order chi connectivity index (χ0) is 13.2. The molecule has 0 spiro atoms. The van der Waals surface area contributed by atoms with Gasteiger partial charge in [0.2, 0.25) is 0 Å². The summed E-state index contributed by atoms with van der Waals surface area (Å²) >= 11 is 0. The zero-order valence-corrected chi connectivity index (χ0v) is 11.2. The predicted molar refractivity (Wildman–Crippen MR) is 74.1 cm³/mol. The average Bonchev–Trinajstić information content (AvgIpc) is 2.97. The lowest BCUT2D eigenvalue weighted by molar-refractivity contribution is 0.321. The normalized spacial score (nSPS) is 17.5. The molecule has 100 valence electrons. The standard InChI is InChI=1S/C15H19N3O/c1-18-10-11(9-17-18)6-7-19-13-3-4-14-12(8-13)2-5-15(14)16/h3-4,8-10,15H,2,5-7,16H2,1H3/t15-/m0/s1. The van der Waals surface area contributed by atoms with Crippen molar-refractivity contribution in [1.29, 1.82) is 0 Å². The molecule has 1 aromatic heterocycles. The Morgan fingerprint density at radius 2 is 2.37 bits per heavy atom. The second kappa shape index (κ2) is 5.05.